The van der Waals surface area contributed by atoms with Crippen LogP contribution in [0.4, 0.5) is 0 Å². The summed E-state index contributed by atoms with van der Waals surface area (Å²) in [4.78, 5) is 11.6. The summed E-state index contributed by atoms with van der Waals surface area (Å²) >= 11 is 12.5. The Morgan fingerprint density at radius 3 is 2.68 bits per heavy atom. The number of fused-ring (bicyclic) bond motifs is 1. The molecule has 0 unspecified atom stereocenters. The van der Waals surface area contributed by atoms with Gasteiger partial charge in [0.25, 0.3) is 0 Å². The van der Waals surface area contributed by atoms with Gasteiger partial charge in [-0.2, -0.15) is 0 Å². The summed E-state index contributed by atoms with van der Waals surface area (Å²) in [5.41, 5.74) is 0. The van der Waals surface area contributed by atoms with Gasteiger partial charge in [0.05, 0.1) is 17.2 Å². The van der Waals surface area contributed by atoms with Crippen molar-refractivity contribution < 1.29 is 14.3 Å². The molecule has 4 nitrogen and oxygen atoms in total. The lowest BCUT2D eigenvalue weighted by atomic mass is 10.1. The van der Waals surface area contributed by atoms with E-state index in [9.17, 15) is 4.79 Å². The van der Waals surface area contributed by atoms with Crippen LogP contribution >= 0.6 is 23.2 Å². The highest BCUT2D eigenvalue weighted by Gasteiger charge is 2.32. The maximum atomic E-state index is 11.6. The number of carbonyl (C=O) groups excluding carboxylic acids is 1. The minimum atomic E-state index is -0.340. The summed E-state index contributed by atoms with van der Waals surface area (Å²) < 4.78 is 10.8. The van der Waals surface area contributed by atoms with Gasteiger partial charge in [0.2, 0.25) is 0 Å². The summed E-state index contributed by atoms with van der Waals surface area (Å²) in [7, 11) is 1.38. The molecule has 3 rings (SSSR count). The zero-order chi connectivity index (χ0) is 15.7. The van der Waals surface area contributed by atoms with E-state index in [-0.39, 0.29) is 18.1 Å². The van der Waals surface area contributed by atoms with E-state index in [0.29, 0.717) is 28.8 Å². The van der Waals surface area contributed by atoms with Gasteiger partial charge < -0.3 is 14.8 Å². The molecule has 1 heterocycles. The van der Waals surface area contributed by atoms with E-state index in [1.165, 1.54) is 7.11 Å². The minimum Gasteiger partial charge on any atom is -0.487 e. The third-order valence-corrected chi connectivity index (χ3v) is 4.35. The van der Waals surface area contributed by atoms with Crippen molar-refractivity contribution in [2.24, 2.45) is 0 Å². The van der Waals surface area contributed by atoms with Crippen LogP contribution in [0.15, 0.2) is 30.3 Å². The van der Waals surface area contributed by atoms with Crippen LogP contribution < -0.4 is 10.1 Å². The fourth-order valence-corrected chi connectivity index (χ4v) is 3.26. The third-order valence-electron chi connectivity index (χ3n) is 3.76. The Morgan fingerprint density at radius 2 is 1.95 bits per heavy atom. The molecular formula is C16H15Cl2NO3. The van der Waals surface area contributed by atoms with Gasteiger partial charge in [0.1, 0.15) is 17.9 Å². The predicted molar refractivity (Wildman–Crippen MR) is 86.8 cm³/mol. The first kappa shape index (κ1) is 15.4. The van der Waals surface area contributed by atoms with Crippen LogP contribution in [0, 0.1) is 0 Å². The molecule has 2 aromatic rings. The third kappa shape index (κ3) is 2.86. The molecule has 0 bridgehead atoms. The first-order chi connectivity index (χ1) is 10.6. The molecule has 1 N–H and O–H groups in total. The molecule has 0 radical (unpaired) electrons. The molecule has 0 aromatic heterocycles. The Balaban J connectivity index is 1.87. The highest BCUT2D eigenvalue weighted by atomic mass is 35.5. The number of methoxy groups -OCH3 is 1. The molecule has 2 atom stereocenters. The Labute approximate surface area is 138 Å². The number of nitrogens with one attached hydrogen (secondary N) is 1. The smallest absolute Gasteiger partial charge is 0.323 e. The van der Waals surface area contributed by atoms with Crippen molar-refractivity contribution in [3.63, 3.8) is 0 Å². The fraction of sp³-hybridized carbons (Fsp3) is 0.312. The second-order valence-electron chi connectivity index (χ2n) is 5.17. The highest BCUT2D eigenvalue weighted by Crippen LogP contribution is 2.39. The average molecular weight is 340 g/mol. The second-order valence-corrected chi connectivity index (χ2v) is 5.99. The van der Waals surface area contributed by atoms with E-state index >= 15 is 0 Å². The van der Waals surface area contributed by atoms with E-state index in [2.05, 4.69) is 5.32 Å². The summed E-state index contributed by atoms with van der Waals surface area (Å²) in [6.07, 6.45) is 0.395. The van der Waals surface area contributed by atoms with Crippen LogP contribution in [0.3, 0.4) is 0 Å². The molecule has 22 heavy (non-hydrogen) atoms. The number of halogens is 2. The molecule has 1 aliphatic rings. The average Bonchev–Trinajstić information content (AvgIpc) is 2.99. The van der Waals surface area contributed by atoms with Crippen molar-refractivity contribution in [2.45, 2.75) is 18.6 Å². The number of esters is 1. The van der Waals surface area contributed by atoms with Crippen molar-refractivity contribution in [1.29, 1.82) is 0 Å². The van der Waals surface area contributed by atoms with Gasteiger partial charge in [-0.1, -0.05) is 47.5 Å². The Bertz CT molecular complexity index is 720. The molecule has 0 amide bonds. The van der Waals surface area contributed by atoms with Crippen molar-refractivity contribution in [3.05, 3.63) is 40.4 Å². The lowest BCUT2D eigenvalue weighted by molar-refractivity contribution is -0.142. The Hall–Kier alpha value is -1.49. The fourth-order valence-electron chi connectivity index (χ4n) is 2.67. The topological polar surface area (TPSA) is 47.6 Å². The highest BCUT2D eigenvalue weighted by molar-refractivity contribution is 6.39. The number of carbonyl (C=O) groups is 1. The van der Waals surface area contributed by atoms with Crippen molar-refractivity contribution >= 4 is 39.9 Å². The lowest BCUT2D eigenvalue weighted by Gasteiger charge is -2.17. The van der Waals surface area contributed by atoms with Crippen LogP contribution in [-0.2, 0) is 9.53 Å². The number of hydrogen-bond acceptors (Lipinski definition) is 4. The molecule has 6 heteroatoms. The normalized spacial score (nSPS) is 21.0. The summed E-state index contributed by atoms with van der Waals surface area (Å²) in [5, 5.41) is 5.89. The van der Waals surface area contributed by atoms with Crippen LogP contribution in [0.2, 0.25) is 10.0 Å². The van der Waals surface area contributed by atoms with Crippen molar-refractivity contribution in [1.82, 2.24) is 5.32 Å². The summed E-state index contributed by atoms with van der Waals surface area (Å²) in [5.74, 6) is 0.317. The monoisotopic (exact) mass is 339 g/mol. The molecule has 1 saturated heterocycles. The molecule has 0 spiro atoms. The Morgan fingerprint density at radius 1 is 1.23 bits per heavy atom. The van der Waals surface area contributed by atoms with E-state index in [1.807, 2.05) is 24.3 Å². The number of benzene rings is 2. The van der Waals surface area contributed by atoms with E-state index < -0.39 is 0 Å². The SMILES string of the molecule is COC(=O)[C@@H]1C[C@@H](Oc2c(Cl)cc(Cl)c3ccccc23)CN1. The van der Waals surface area contributed by atoms with Crippen LogP contribution in [0.25, 0.3) is 10.8 Å². The van der Waals surface area contributed by atoms with Crippen molar-refractivity contribution in [3.8, 4) is 5.75 Å². The number of rotatable bonds is 3. The van der Waals surface area contributed by atoms with Gasteiger partial charge in [0.15, 0.2) is 0 Å². The van der Waals surface area contributed by atoms with Crippen LogP contribution in [0.5, 0.6) is 5.75 Å². The molecule has 2 aromatic carbocycles. The zero-order valence-corrected chi connectivity index (χ0v) is 13.4. The van der Waals surface area contributed by atoms with E-state index in [4.69, 9.17) is 32.7 Å². The summed E-state index contributed by atoms with van der Waals surface area (Å²) in [6.45, 7) is 0.563. The molecule has 116 valence electrons. The maximum absolute atomic E-state index is 11.6. The molecular weight excluding hydrogens is 325 g/mol. The standard InChI is InChI=1S/C16H15Cl2NO3/c1-21-16(20)14-6-9(8-19-14)22-15-11-5-3-2-4-10(11)12(17)7-13(15)18/h2-5,7,9,14,19H,6,8H2,1H3/t9-,14+/m1/s1. The maximum Gasteiger partial charge on any atom is 0.323 e. The van der Waals surface area contributed by atoms with Crippen LogP contribution in [-0.4, -0.2) is 31.8 Å². The zero-order valence-electron chi connectivity index (χ0n) is 11.9. The number of hydrogen-bond donors (Lipinski definition) is 1. The quantitative estimate of drug-likeness (QED) is 0.870. The number of ether oxygens (including phenoxy) is 2. The second kappa shape index (κ2) is 6.32. The lowest BCUT2D eigenvalue weighted by Crippen LogP contribution is -2.31. The van der Waals surface area contributed by atoms with Gasteiger partial charge in [-0.05, 0) is 6.07 Å². The van der Waals surface area contributed by atoms with Gasteiger partial charge in [0, 0.05) is 23.7 Å². The largest absolute Gasteiger partial charge is 0.487 e. The van der Waals surface area contributed by atoms with E-state index in [1.54, 1.807) is 6.07 Å². The minimum absolute atomic E-state index is 0.147. The molecule has 0 saturated carbocycles. The van der Waals surface area contributed by atoms with Gasteiger partial charge in [-0.3, -0.25) is 4.79 Å². The van der Waals surface area contributed by atoms with Crippen LogP contribution in [0.1, 0.15) is 6.42 Å². The van der Waals surface area contributed by atoms with Gasteiger partial charge in [-0.15, -0.1) is 0 Å². The van der Waals surface area contributed by atoms with E-state index in [0.717, 1.165) is 10.8 Å². The van der Waals surface area contributed by atoms with Gasteiger partial charge in [-0.25, -0.2) is 0 Å². The predicted octanol–water partition coefficient (Wildman–Crippen LogP) is 3.43. The molecule has 1 fully saturated rings. The molecule has 0 aliphatic carbocycles. The Kier molecular flexibility index (Phi) is 4.43. The first-order valence-electron chi connectivity index (χ1n) is 6.94. The van der Waals surface area contributed by atoms with Gasteiger partial charge >= 0.3 is 5.97 Å². The van der Waals surface area contributed by atoms with Crippen molar-refractivity contribution in [2.75, 3.05) is 13.7 Å². The summed E-state index contributed by atoms with van der Waals surface area (Å²) in [6, 6.07) is 9.00. The first-order valence-corrected chi connectivity index (χ1v) is 7.70. The molecule has 1 aliphatic heterocycles.